The van der Waals surface area contributed by atoms with Crippen molar-refractivity contribution in [1.82, 2.24) is 44.0 Å². The van der Waals surface area contributed by atoms with Crippen LogP contribution in [0.1, 0.15) is 59.1 Å². The van der Waals surface area contributed by atoms with Gasteiger partial charge in [0.15, 0.2) is 0 Å². The van der Waals surface area contributed by atoms with Crippen molar-refractivity contribution in [3.8, 4) is 11.4 Å². The van der Waals surface area contributed by atoms with Crippen LogP contribution >= 0.6 is 0 Å². The molecule has 0 radical (unpaired) electrons. The number of amides is 2. The molecule has 69 heavy (non-hydrogen) atoms. The third-order valence-electron chi connectivity index (χ3n) is 11.1. The number of H-pyrrole nitrogens is 1. The quantitative estimate of drug-likeness (QED) is 0.0810. The number of nitrogens with zero attached hydrogens (tertiary/aromatic N) is 10. The van der Waals surface area contributed by atoms with Crippen LogP contribution in [0.3, 0.4) is 0 Å². The Morgan fingerprint density at radius 3 is 1.61 bits per heavy atom. The van der Waals surface area contributed by atoms with E-state index in [2.05, 4.69) is 35.6 Å². The number of aromatic nitrogens is 9. The molecule has 5 aromatic heterocycles. The van der Waals surface area contributed by atoms with Gasteiger partial charge in [0.25, 0.3) is 11.8 Å². The molecule has 0 saturated carbocycles. The largest absolute Gasteiger partial charge is 0.466 e. The second-order valence-electron chi connectivity index (χ2n) is 15.6. The number of imidazole rings is 2. The summed E-state index contributed by atoms with van der Waals surface area (Å²) in [6.07, 6.45) is 3.20. The first kappa shape index (κ1) is 46.7. The summed E-state index contributed by atoms with van der Waals surface area (Å²) in [6, 6.07) is 28.4. The van der Waals surface area contributed by atoms with E-state index in [-0.39, 0.29) is 63.5 Å². The van der Waals surface area contributed by atoms with Crippen LogP contribution in [0.5, 0.6) is 0 Å². The average molecular weight is 932 g/mol. The van der Waals surface area contributed by atoms with Gasteiger partial charge in [-0.1, -0.05) is 12.1 Å². The standard InChI is InChI=1S/C49H49N13O7/c1-5-68-43(63)21-25-61(39-11-7-9-23-50-39)46(65)32-15-19-37-35(27-32)54-41(59(37)3)29-52-34-17-13-31(14-18-34)45-56-48(58-49(67)57-45)53-30-42-55-36-28-33(16-20-38(36)60(42)4)47(66)62(26-22-44(64)69-6-2)40-12-8-10-24-51-40/h7-20,23-24,27-28,52H,5-6,21-22,25-26,29-30H2,1-4H3,(H2,53,56,57,58,67). The van der Waals surface area contributed by atoms with Crippen LogP contribution in [-0.2, 0) is 46.2 Å². The van der Waals surface area contributed by atoms with E-state index in [1.165, 1.54) is 9.80 Å². The molecule has 20 nitrogen and oxygen atoms in total. The molecule has 20 heteroatoms. The van der Waals surface area contributed by atoms with E-state index in [1.807, 2.05) is 53.6 Å². The maximum atomic E-state index is 13.8. The lowest BCUT2D eigenvalue weighted by Crippen LogP contribution is -2.34. The van der Waals surface area contributed by atoms with Gasteiger partial charge in [-0.15, -0.1) is 0 Å². The lowest BCUT2D eigenvalue weighted by atomic mass is 10.1. The van der Waals surface area contributed by atoms with E-state index >= 15 is 0 Å². The molecule has 8 rings (SSSR count). The summed E-state index contributed by atoms with van der Waals surface area (Å²) in [5.41, 5.74) is 4.41. The third-order valence-corrected chi connectivity index (χ3v) is 11.1. The van der Waals surface area contributed by atoms with E-state index in [0.29, 0.717) is 57.6 Å². The molecule has 0 aliphatic carbocycles. The molecular formula is C49H49N13O7. The highest BCUT2D eigenvalue weighted by atomic mass is 16.5. The molecule has 3 aromatic carbocycles. The molecular weight excluding hydrogens is 883 g/mol. The zero-order valence-corrected chi connectivity index (χ0v) is 38.4. The van der Waals surface area contributed by atoms with Gasteiger partial charge in [-0.2, -0.15) is 9.97 Å². The van der Waals surface area contributed by atoms with Gasteiger partial charge < -0.3 is 29.2 Å². The number of pyridine rings is 2. The Balaban J connectivity index is 0.912. The summed E-state index contributed by atoms with van der Waals surface area (Å²) in [4.78, 5) is 97.2. The van der Waals surface area contributed by atoms with Crippen LogP contribution < -0.4 is 26.1 Å². The summed E-state index contributed by atoms with van der Waals surface area (Å²) in [5, 5.41) is 6.51. The van der Waals surface area contributed by atoms with Crippen molar-refractivity contribution >= 4 is 69.1 Å². The molecule has 0 bridgehead atoms. The van der Waals surface area contributed by atoms with E-state index in [1.54, 1.807) is 93.0 Å². The highest BCUT2D eigenvalue weighted by molar-refractivity contribution is 6.08. The Morgan fingerprint density at radius 1 is 0.623 bits per heavy atom. The number of aryl methyl sites for hydroxylation is 2. The van der Waals surface area contributed by atoms with Gasteiger partial charge in [-0.05, 0) is 98.8 Å². The third kappa shape index (κ3) is 10.9. The molecule has 5 heterocycles. The fraction of sp³-hybridized carbons (Fsp3) is 0.245. The second kappa shape index (κ2) is 21.2. The minimum absolute atomic E-state index is 0.00412. The van der Waals surface area contributed by atoms with Crippen LogP contribution in [0, 0.1) is 0 Å². The molecule has 0 fully saturated rings. The van der Waals surface area contributed by atoms with Gasteiger partial charge in [0.05, 0.1) is 61.2 Å². The predicted octanol–water partition coefficient (Wildman–Crippen LogP) is 5.82. The van der Waals surface area contributed by atoms with E-state index in [9.17, 15) is 24.0 Å². The first-order valence-corrected chi connectivity index (χ1v) is 22.2. The van der Waals surface area contributed by atoms with Gasteiger partial charge >= 0.3 is 17.6 Å². The van der Waals surface area contributed by atoms with Crippen molar-refractivity contribution < 1.29 is 28.7 Å². The van der Waals surface area contributed by atoms with Gasteiger partial charge in [-0.25, -0.2) is 24.7 Å². The van der Waals surface area contributed by atoms with E-state index < -0.39 is 17.6 Å². The monoisotopic (exact) mass is 931 g/mol. The minimum atomic E-state index is -0.592. The number of fused-ring (bicyclic) bond motifs is 2. The smallest absolute Gasteiger partial charge is 0.349 e. The van der Waals surface area contributed by atoms with Crippen molar-refractivity contribution in [3.63, 3.8) is 0 Å². The average Bonchev–Trinajstić information content (AvgIpc) is 3.86. The summed E-state index contributed by atoms with van der Waals surface area (Å²) in [6.45, 7) is 4.68. The number of rotatable bonds is 19. The summed E-state index contributed by atoms with van der Waals surface area (Å²) in [7, 11) is 3.75. The lowest BCUT2D eigenvalue weighted by molar-refractivity contribution is -0.143. The SMILES string of the molecule is CCOC(=O)CCN(C(=O)c1ccc2c(c1)nc(CNc1ccc(-c3nc(NCc4nc5cc(C(=O)N(CCC(=O)OCC)c6ccccn6)ccc5n4C)nc(=O)[nH]3)cc1)n2C)c1ccccn1. The Morgan fingerprint density at radius 2 is 1.13 bits per heavy atom. The summed E-state index contributed by atoms with van der Waals surface area (Å²) >= 11 is 0. The number of ether oxygens (including phenoxy) is 2. The maximum Gasteiger partial charge on any atom is 0.349 e. The van der Waals surface area contributed by atoms with Crippen LogP contribution in [0.25, 0.3) is 33.5 Å². The van der Waals surface area contributed by atoms with Crippen LogP contribution in [0.4, 0.5) is 23.3 Å². The summed E-state index contributed by atoms with van der Waals surface area (Å²) < 4.78 is 14.0. The van der Waals surface area contributed by atoms with Crippen molar-refractivity contribution in [2.45, 2.75) is 39.8 Å². The molecule has 8 aromatic rings. The molecule has 0 unspecified atom stereocenters. The van der Waals surface area contributed by atoms with Gasteiger partial charge in [0, 0.05) is 62.0 Å². The molecule has 0 aliphatic heterocycles. The number of benzene rings is 3. The number of nitrogens with one attached hydrogen (secondary N) is 3. The molecule has 352 valence electrons. The first-order valence-electron chi connectivity index (χ1n) is 22.2. The Bertz CT molecular complexity index is 3190. The second-order valence-corrected chi connectivity index (χ2v) is 15.6. The highest BCUT2D eigenvalue weighted by Crippen LogP contribution is 2.24. The molecule has 0 aliphatic rings. The van der Waals surface area contributed by atoms with E-state index in [4.69, 9.17) is 19.4 Å². The number of aromatic amines is 1. The molecule has 0 atom stereocenters. The van der Waals surface area contributed by atoms with Crippen LogP contribution in [0.2, 0.25) is 0 Å². The fourth-order valence-electron chi connectivity index (χ4n) is 7.62. The fourth-order valence-corrected chi connectivity index (χ4v) is 7.62. The molecule has 0 spiro atoms. The van der Waals surface area contributed by atoms with Crippen molar-refractivity contribution in [1.29, 1.82) is 0 Å². The highest BCUT2D eigenvalue weighted by Gasteiger charge is 2.24. The number of carbonyl (C=O) groups excluding carboxylic acids is 4. The molecule has 2 amide bonds. The molecule has 0 saturated heterocycles. The topological polar surface area (TPSA) is 237 Å². The number of hydrogen-bond donors (Lipinski definition) is 3. The zero-order chi connectivity index (χ0) is 48.4. The number of esters is 2. The maximum absolute atomic E-state index is 13.8. The Hall–Kier alpha value is -8.81. The number of carbonyl (C=O) groups is 4. The number of anilines is 4. The normalized spacial score (nSPS) is 11.1. The van der Waals surface area contributed by atoms with Gasteiger partial charge in [0.1, 0.15) is 29.1 Å². The Kier molecular flexibility index (Phi) is 14.4. The zero-order valence-electron chi connectivity index (χ0n) is 38.4. The van der Waals surface area contributed by atoms with Crippen LogP contribution in [0.15, 0.2) is 114 Å². The molecule has 3 N–H and O–H groups in total. The lowest BCUT2D eigenvalue weighted by Gasteiger charge is -2.21. The van der Waals surface area contributed by atoms with Crippen molar-refractivity contribution in [2.24, 2.45) is 14.1 Å². The number of hydrogen-bond acceptors (Lipinski definition) is 15. The van der Waals surface area contributed by atoms with E-state index in [0.717, 1.165) is 22.5 Å². The summed E-state index contributed by atoms with van der Waals surface area (Å²) in [5.74, 6) is 1.08. The predicted molar refractivity (Wildman–Crippen MR) is 258 cm³/mol. The van der Waals surface area contributed by atoms with Crippen LogP contribution in [-0.4, -0.2) is 94.1 Å². The van der Waals surface area contributed by atoms with Gasteiger partial charge in [-0.3, -0.25) is 34.0 Å². The first-order chi connectivity index (χ1) is 33.5. The van der Waals surface area contributed by atoms with Crippen molar-refractivity contribution in [2.75, 3.05) is 46.7 Å². The minimum Gasteiger partial charge on any atom is -0.466 e. The van der Waals surface area contributed by atoms with Crippen molar-refractivity contribution in [3.05, 3.63) is 143 Å². The Labute approximate surface area is 395 Å². The van der Waals surface area contributed by atoms with Gasteiger partial charge in [0.2, 0.25) is 5.95 Å².